The largest absolute Gasteiger partial charge is 0.491 e. The Labute approximate surface area is 208 Å². The van der Waals surface area contributed by atoms with Gasteiger partial charge in [0.1, 0.15) is 24.3 Å². The van der Waals surface area contributed by atoms with Gasteiger partial charge in [-0.15, -0.1) is 11.3 Å². The average Bonchev–Trinajstić information content (AvgIpc) is 3.48. The van der Waals surface area contributed by atoms with Gasteiger partial charge in [0.25, 0.3) is 0 Å². The fourth-order valence-corrected chi connectivity index (χ4v) is 5.18. The summed E-state index contributed by atoms with van der Waals surface area (Å²) in [5, 5.41) is 16.0. The highest BCUT2D eigenvalue weighted by Gasteiger charge is 2.19. The van der Waals surface area contributed by atoms with Crippen LogP contribution in [0.25, 0.3) is 21.3 Å². The average molecular weight is 496 g/mol. The predicted octanol–water partition coefficient (Wildman–Crippen LogP) is 3.66. The van der Waals surface area contributed by atoms with Gasteiger partial charge in [-0.1, -0.05) is 12.1 Å². The molecule has 2 aromatic heterocycles. The van der Waals surface area contributed by atoms with Crippen LogP contribution < -0.4 is 4.74 Å². The van der Waals surface area contributed by atoms with Crippen LogP contribution in [0.3, 0.4) is 0 Å². The molecule has 3 heterocycles. The fraction of sp³-hybridized carbons (Fsp3) is 0.385. The van der Waals surface area contributed by atoms with E-state index in [1.807, 2.05) is 42.2 Å². The van der Waals surface area contributed by atoms with Gasteiger partial charge in [0.15, 0.2) is 0 Å². The SMILES string of the molecule is Cc1nc2cc(OC[C@H](O)CN3CCN(CCn4cc(-c5ccc(F)cc5)cn4)CC3)ccc2s1. The number of fused-ring (bicyclic) bond motifs is 1. The molecule has 5 rings (SSSR count). The quantitative estimate of drug-likeness (QED) is 0.382. The second-order valence-electron chi connectivity index (χ2n) is 8.97. The molecule has 35 heavy (non-hydrogen) atoms. The number of thiazole rings is 1. The van der Waals surface area contributed by atoms with Crippen LogP contribution in [0.5, 0.6) is 5.75 Å². The van der Waals surface area contributed by atoms with Gasteiger partial charge >= 0.3 is 0 Å². The van der Waals surface area contributed by atoms with E-state index in [1.54, 1.807) is 23.5 Å². The third kappa shape index (κ3) is 6.24. The van der Waals surface area contributed by atoms with Crippen LogP contribution in [-0.2, 0) is 6.54 Å². The minimum Gasteiger partial charge on any atom is -0.491 e. The highest BCUT2D eigenvalue weighted by Crippen LogP contribution is 2.25. The molecule has 2 aromatic carbocycles. The molecule has 1 N–H and O–H groups in total. The van der Waals surface area contributed by atoms with E-state index < -0.39 is 6.10 Å². The summed E-state index contributed by atoms with van der Waals surface area (Å²) >= 11 is 1.67. The van der Waals surface area contributed by atoms with Crippen LogP contribution in [-0.4, -0.2) is 81.7 Å². The normalized spacial score (nSPS) is 16.1. The molecule has 0 radical (unpaired) electrons. The van der Waals surface area contributed by atoms with Crippen molar-refractivity contribution in [3.8, 4) is 16.9 Å². The van der Waals surface area contributed by atoms with Crippen LogP contribution in [0.1, 0.15) is 5.01 Å². The number of aromatic nitrogens is 3. The van der Waals surface area contributed by atoms with E-state index in [2.05, 4.69) is 19.9 Å². The fourth-order valence-electron chi connectivity index (χ4n) is 4.37. The summed E-state index contributed by atoms with van der Waals surface area (Å²) in [6.45, 7) is 8.35. The standard InChI is InChI=1S/C26H30FN5O2S/c1-19-29-25-14-24(6-7-26(25)35-19)34-18-23(33)17-31-10-8-30(9-11-31)12-13-32-16-21(15-28-32)20-2-4-22(27)5-3-20/h2-7,14-16,23,33H,8-13,17-18H2,1H3/t23-/m1/s1. The van der Waals surface area contributed by atoms with E-state index >= 15 is 0 Å². The molecular weight excluding hydrogens is 465 g/mol. The highest BCUT2D eigenvalue weighted by atomic mass is 32.1. The van der Waals surface area contributed by atoms with Crippen molar-refractivity contribution in [2.24, 2.45) is 0 Å². The van der Waals surface area contributed by atoms with Gasteiger partial charge in [0.05, 0.1) is 28.0 Å². The Morgan fingerprint density at radius 1 is 1.03 bits per heavy atom. The molecule has 0 aliphatic carbocycles. The molecule has 0 saturated carbocycles. The lowest BCUT2D eigenvalue weighted by atomic mass is 10.1. The number of nitrogens with zero attached hydrogens (tertiary/aromatic N) is 5. The van der Waals surface area contributed by atoms with Crippen molar-refractivity contribution in [1.29, 1.82) is 0 Å². The van der Waals surface area contributed by atoms with E-state index in [0.29, 0.717) is 6.54 Å². The van der Waals surface area contributed by atoms with Crippen molar-refractivity contribution in [2.75, 3.05) is 45.9 Å². The van der Waals surface area contributed by atoms with Gasteiger partial charge in [-0.25, -0.2) is 9.37 Å². The summed E-state index contributed by atoms with van der Waals surface area (Å²) in [4.78, 5) is 9.21. The molecule has 0 spiro atoms. The van der Waals surface area contributed by atoms with Crippen molar-refractivity contribution < 1.29 is 14.2 Å². The number of halogens is 1. The first-order valence-corrected chi connectivity index (χ1v) is 12.7. The van der Waals surface area contributed by atoms with Crippen molar-refractivity contribution in [1.82, 2.24) is 24.6 Å². The molecule has 0 bridgehead atoms. The molecule has 9 heteroatoms. The smallest absolute Gasteiger partial charge is 0.123 e. The highest BCUT2D eigenvalue weighted by molar-refractivity contribution is 7.18. The van der Waals surface area contributed by atoms with E-state index in [0.717, 1.165) is 71.4 Å². The maximum Gasteiger partial charge on any atom is 0.123 e. The van der Waals surface area contributed by atoms with Crippen LogP contribution in [0.15, 0.2) is 54.9 Å². The summed E-state index contributed by atoms with van der Waals surface area (Å²) in [5.41, 5.74) is 2.90. The zero-order valence-corrected chi connectivity index (χ0v) is 20.6. The third-order valence-corrected chi connectivity index (χ3v) is 7.25. The Balaban J connectivity index is 1.02. The molecule has 0 unspecified atom stereocenters. The second-order valence-corrected chi connectivity index (χ2v) is 10.2. The molecule has 7 nitrogen and oxygen atoms in total. The molecular formula is C26H30FN5O2S. The molecule has 1 fully saturated rings. The molecule has 4 aromatic rings. The number of ether oxygens (including phenoxy) is 1. The van der Waals surface area contributed by atoms with Gasteiger partial charge in [-0.3, -0.25) is 14.5 Å². The van der Waals surface area contributed by atoms with E-state index in [4.69, 9.17) is 4.74 Å². The minimum atomic E-state index is -0.539. The van der Waals surface area contributed by atoms with E-state index in [9.17, 15) is 9.50 Å². The molecule has 1 atom stereocenters. The number of piperazine rings is 1. The number of hydrogen-bond acceptors (Lipinski definition) is 7. The number of rotatable bonds is 9. The number of hydrogen-bond donors (Lipinski definition) is 1. The summed E-state index contributed by atoms with van der Waals surface area (Å²) in [7, 11) is 0. The van der Waals surface area contributed by atoms with Crippen LogP contribution in [0.4, 0.5) is 4.39 Å². The van der Waals surface area contributed by atoms with Crippen molar-refractivity contribution in [3.63, 3.8) is 0 Å². The van der Waals surface area contributed by atoms with E-state index in [-0.39, 0.29) is 12.4 Å². The number of β-amino-alcohol motifs (C(OH)–C–C–N with tert-alkyl or cyclic N) is 1. The Kier molecular flexibility index (Phi) is 7.38. The second kappa shape index (κ2) is 10.8. The first kappa shape index (κ1) is 23.9. The van der Waals surface area contributed by atoms with Crippen LogP contribution >= 0.6 is 11.3 Å². The molecule has 1 saturated heterocycles. The van der Waals surface area contributed by atoms with Gasteiger partial charge in [-0.2, -0.15) is 5.10 Å². The number of benzene rings is 2. The zero-order chi connectivity index (χ0) is 24.2. The Hall–Kier alpha value is -2.85. The molecule has 1 aliphatic rings. The van der Waals surface area contributed by atoms with Gasteiger partial charge in [0.2, 0.25) is 0 Å². The van der Waals surface area contributed by atoms with Crippen molar-refractivity contribution in [2.45, 2.75) is 19.6 Å². The first-order valence-electron chi connectivity index (χ1n) is 11.9. The van der Waals surface area contributed by atoms with Gasteiger partial charge in [-0.05, 0) is 36.8 Å². The Bertz CT molecular complexity index is 1250. The summed E-state index contributed by atoms with van der Waals surface area (Å²) in [6, 6.07) is 12.4. The number of aliphatic hydroxyl groups excluding tert-OH is 1. The van der Waals surface area contributed by atoms with Crippen molar-refractivity contribution in [3.05, 3.63) is 65.7 Å². The lowest BCUT2D eigenvalue weighted by Crippen LogP contribution is -2.49. The summed E-state index contributed by atoms with van der Waals surface area (Å²) < 4.78 is 22.0. The summed E-state index contributed by atoms with van der Waals surface area (Å²) in [5.74, 6) is 0.511. The lowest BCUT2D eigenvalue weighted by Gasteiger charge is -2.35. The monoisotopic (exact) mass is 495 g/mol. The molecule has 184 valence electrons. The zero-order valence-electron chi connectivity index (χ0n) is 19.8. The summed E-state index contributed by atoms with van der Waals surface area (Å²) in [6.07, 6.45) is 3.29. The van der Waals surface area contributed by atoms with Gasteiger partial charge in [0, 0.05) is 57.1 Å². The molecule has 0 amide bonds. The minimum absolute atomic E-state index is 0.232. The van der Waals surface area contributed by atoms with Crippen LogP contribution in [0.2, 0.25) is 0 Å². The van der Waals surface area contributed by atoms with E-state index in [1.165, 1.54) is 12.1 Å². The van der Waals surface area contributed by atoms with Crippen LogP contribution in [0, 0.1) is 12.7 Å². The third-order valence-electron chi connectivity index (χ3n) is 6.30. The first-order chi connectivity index (χ1) is 17.0. The lowest BCUT2D eigenvalue weighted by molar-refractivity contribution is 0.0453. The Morgan fingerprint density at radius 2 is 1.80 bits per heavy atom. The number of aliphatic hydroxyl groups is 1. The topological polar surface area (TPSA) is 66.7 Å². The Morgan fingerprint density at radius 3 is 2.60 bits per heavy atom. The maximum absolute atomic E-state index is 13.1. The van der Waals surface area contributed by atoms with Gasteiger partial charge < -0.3 is 9.84 Å². The maximum atomic E-state index is 13.1. The van der Waals surface area contributed by atoms with Crippen molar-refractivity contribution >= 4 is 21.6 Å². The number of aryl methyl sites for hydroxylation is 1. The predicted molar refractivity (Wildman–Crippen MR) is 136 cm³/mol. The molecule has 1 aliphatic heterocycles.